The number of aromatic nitrogens is 1. The van der Waals surface area contributed by atoms with Crippen molar-refractivity contribution in [3.05, 3.63) is 106 Å². The zero-order chi connectivity index (χ0) is 26.6. The number of benzene rings is 3. The van der Waals surface area contributed by atoms with Crippen LogP contribution in [0.4, 0.5) is 0 Å². The molecule has 0 amide bonds. The van der Waals surface area contributed by atoms with Crippen LogP contribution in [0.15, 0.2) is 66.7 Å². The van der Waals surface area contributed by atoms with Gasteiger partial charge in [-0.05, 0) is 60.6 Å². The van der Waals surface area contributed by atoms with Crippen molar-refractivity contribution in [3.63, 3.8) is 0 Å². The van der Waals surface area contributed by atoms with Crippen LogP contribution in [0.3, 0.4) is 0 Å². The van der Waals surface area contributed by atoms with Crippen LogP contribution < -0.4 is 4.74 Å². The van der Waals surface area contributed by atoms with E-state index in [0.29, 0.717) is 12.3 Å². The Labute approximate surface area is 225 Å². The van der Waals surface area contributed by atoms with Gasteiger partial charge in [-0.15, -0.1) is 0 Å². The molecule has 1 N–H and O–H groups in total. The number of hydrogen-bond acceptors (Lipinski definition) is 5. The van der Waals surface area contributed by atoms with Crippen molar-refractivity contribution in [1.29, 1.82) is 5.26 Å². The number of nitriles is 1. The number of ether oxygens (including phenoxy) is 1. The molecule has 0 saturated heterocycles. The van der Waals surface area contributed by atoms with Crippen LogP contribution in [0, 0.1) is 18.3 Å². The topological polar surface area (TPSA) is 69.4 Å². The Morgan fingerprint density at radius 1 is 0.974 bits per heavy atom. The molecule has 0 atom stereocenters. The Balaban J connectivity index is 1.58. The van der Waals surface area contributed by atoms with Gasteiger partial charge in [0.2, 0.25) is 0 Å². The molecule has 0 unspecified atom stereocenters. The molecule has 0 radical (unpaired) electrons. The zero-order valence-corrected chi connectivity index (χ0v) is 22.3. The van der Waals surface area contributed by atoms with Crippen LogP contribution in [0.2, 0.25) is 0 Å². The summed E-state index contributed by atoms with van der Waals surface area (Å²) < 4.78 is 6.45. The zero-order valence-electron chi connectivity index (χ0n) is 22.3. The number of nitrogens with zero attached hydrogens (tertiary/aromatic N) is 3. The van der Waals surface area contributed by atoms with Crippen molar-refractivity contribution in [2.45, 2.75) is 53.1 Å². The lowest BCUT2D eigenvalue weighted by Crippen LogP contribution is -2.30. The standard InChI is InChI=1S/C33H33N3O2/c1-4-23-11-8-12-24(5-2)33(23)30-18-32(38-28-14-13-26(19-34)31(37)17-28)29(22(3)35-30)21-36-16-15-25-9-6-7-10-27(25)20-36/h6-14,17-18,37H,4-5,15-16,20-21H2,1-3H3. The number of aryl methyl sites for hydroxylation is 3. The second-order valence-electron chi connectivity index (χ2n) is 9.85. The van der Waals surface area contributed by atoms with Gasteiger partial charge >= 0.3 is 0 Å². The smallest absolute Gasteiger partial charge is 0.137 e. The second-order valence-corrected chi connectivity index (χ2v) is 9.85. The summed E-state index contributed by atoms with van der Waals surface area (Å²) in [7, 11) is 0. The van der Waals surface area contributed by atoms with Crippen molar-refractivity contribution < 1.29 is 9.84 Å². The molecule has 0 spiro atoms. The van der Waals surface area contributed by atoms with E-state index in [1.54, 1.807) is 12.1 Å². The van der Waals surface area contributed by atoms with Crippen LogP contribution in [-0.2, 0) is 32.4 Å². The van der Waals surface area contributed by atoms with Gasteiger partial charge in [0.1, 0.15) is 23.3 Å². The largest absolute Gasteiger partial charge is 0.506 e. The Morgan fingerprint density at radius 2 is 1.71 bits per heavy atom. The maximum atomic E-state index is 10.3. The van der Waals surface area contributed by atoms with Crippen molar-refractivity contribution in [2.75, 3.05) is 6.54 Å². The van der Waals surface area contributed by atoms with Crippen LogP contribution >= 0.6 is 0 Å². The number of phenols is 1. The van der Waals surface area contributed by atoms with Gasteiger partial charge in [-0.1, -0.05) is 56.3 Å². The first-order valence-electron chi connectivity index (χ1n) is 13.3. The first kappa shape index (κ1) is 25.5. The van der Waals surface area contributed by atoms with Gasteiger partial charge < -0.3 is 9.84 Å². The van der Waals surface area contributed by atoms with Gasteiger partial charge in [-0.2, -0.15) is 5.26 Å². The Hall–Kier alpha value is -4.14. The highest BCUT2D eigenvalue weighted by molar-refractivity contribution is 5.70. The summed E-state index contributed by atoms with van der Waals surface area (Å²) in [5, 5.41) is 19.5. The van der Waals surface area contributed by atoms with Crippen LogP contribution in [0.1, 0.15) is 52.9 Å². The molecule has 1 aliphatic heterocycles. The molecule has 192 valence electrons. The Kier molecular flexibility index (Phi) is 7.44. The van der Waals surface area contributed by atoms with Crippen molar-refractivity contribution in [2.24, 2.45) is 0 Å². The molecular formula is C33H33N3O2. The van der Waals surface area contributed by atoms with Gasteiger partial charge in [-0.3, -0.25) is 9.88 Å². The summed E-state index contributed by atoms with van der Waals surface area (Å²) in [6.07, 6.45) is 2.85. The van der Waals surface area contributed by atoms with E-state index in [9.17, 15) is 10.4 Å². The monoisotopic (exact) mass is 503 g/mol. The van der Waals surface area contributed by atoms with E-state index < -0.39 is 0 Å². The highest BCUT2D eigenvalue weighted by atomic mass is 16.5. The first-order valence-corrected chi connectivity index (χ1v) is 13.3. The van der Waals surface area contributed by atoms with Crippen molar-refractivity contribution in [3.8, 4) is 34.6 Å². The fourth-order valence-electron chi connectivity index (χ4n) is 5.36. The Bertz CT molecular complexity index is 1500. The van der Waals surface area contributed by atoms with E-state index in [0.717, 1.165) is 55.1 Å². The average molecular weight is 504 g/mol. The molecule has 1 aliphatic rings. The SMILES string of the molecule is CCc1cccc(CC)c1-c1cc(Oc2ccc(C#N)c(O)c2)c(CN2CCc3ccccc3C2)c(C)n1. The minimum Gasteiger partial charge on any atom is -0.506 e. The number of fused-ring (bicyclic) bond motifs is 1. The number of phenolic OH excluding ortho intramolecular Hbond substituents is 1. The molecular weight excluding hydrogens is 470 g/mol. The lowest BCUT2D eigenvalue weighted by atomic mass is 9.94. The number of rotatable bonds is 7. The predicted octanol–water partition coefficient (Wildman–Crippen LogP) is 7.11. The molecule has 2 heterocycles. The molecule has 5 rings (SSSR count). The Morgan fingerprint density at radius 3 is 2.39 bits per heavy atom. The van der Waals surface area contributed by atoms with Crippen LogP contribution in [-0.4, -0.2) is 21.5 Å². The van der Waals surface area contributed by atoms with Crippen molar-refractivity contribution in [1.82, 2.24) is 9.88 Å². The summed E-state index contributed by atoms with van der Waals surface area (Å²) in [4.78, 5) is 7.56. The molecule has 5 nitrogen and oxygen atoms in total. The molecule has 4 aromatic rings. The van der Waals surface area contributed by atoms with E-state index in [1.807, 2.05) is 12.1 Å². The van der Waals surface area contributed by atoms with Gasteiger partial charge in [0.15, 0.2) is 0 Å². The first-order chi connectivity index (χ1) is 18.5. The number of hydrogen-bond donors (Lipinski definition) is 1. The minimum absolute atomic E-state index is 0.0882. The lowest BCUT2D eigenvalue weighted by Gasteiger charge is -2.30. The molecule has 38 heavy (non-hydrogen) atoms. The van der Waals surface area contributed by atoms with E-state index >= 15 is 0 Å². The summed E-state index contributed by atoms with van der Waals surface area (Å²) in [5.74, 6) is 1.13. The van der Waals surface area contributed by atoms with Gasteiger partial charge in [0.05, 0.1) is 11.3 Å². The maximum absolute atomic E-state index is 10.3. The third-order valence-corrected chi connectivity index (χ3v) is 7.45. The fraction of sp³-hybridized carbons (Fsp3) is 0.273. The fourth-order valence-corrected chi connectivity index (χ4v) is 5.36. The molecule has 0 fully saturated rings. The lowest BCUT2D eigenvalue weighted by molar-refractivity contribution is 0.242. The molecule has 3 aromatic carbocycles. The highest BCUT2D eigenvalue weighted by Gasteiger charge is 2.22. The van der Waals surface area contributed by atoms with Crippen LogP contribution in [0.5, 0.6) is 17.2 Å². The third kappa shape index (κ3) is 5.14. The van der Waals surface area contributed by atoms with Crippen LogP contribution in [0.25, 0.3) is 11.3 Å². The molecule has 5 heteroatoms. The third-order valence-electron chi connectivity index (χ3n) is 7.45. The van der Waals surface area contributed by atoms with E-state index in [2.05, 4.69) is 68.1 Å². The maximum Gasteiger partial charge on any atom is 0.137 e. The molecule has 0 aliphatic carbocycles. The van der Waals surface area contributed by atoms with Crippen molar-refractivity contribution >= 4 is 0 Å². The van der Waals surface area contributed by atoms with E-state index in [4.69, 9.17) is 9.72 Å². The molecule has 1 aromatic heterocycles. The number of aromatic hydroxyl groups is 1. The molecule has 0 bridgehead atoms. The average Bonchev–Trinajstić information content (AvgIpc) is 2.94. The summed E-state index contributed by atoms with van der Waals surface area (Å²) in [6.45, 7) is 8.96. The predicted molar refractivity (Wildman–Crippen MR) is 150 cm³/mol. The van der Waals surface area contributed by atoms with Gasteiger partial charge in [-0.25, -0.2) is 0 Å². The summed E-state index contributed by atoms with van der Waals surface area (Å²) in [5.41, 5.74) is 9.57. The quantitative estimate of drug-likeness (QED) is 0.291. The highest BCUT2D eigenvalue weighted by Crippen LogP contribution is 2.37. The normalized spacial score (nSPS) is 13.1. The second kappa shape index (κ2) is 11.1. The minimum atomic E-state index is -0.0882. The summed E-state index contributed by atoms with van der Waals surface area (Å²) in [6, 6.07) is 24.0. The number of pyridine rings is 1. The molecule has 0 saturated carbocycles. The van der Waals surface area contributed by atoms with Gasteiger partial charge in [0.25, 0.3) is 0 Å². The van der Waals surface area contributed by atoms with E-state index in [-0.39, 0.29) is 11.3 Å². The van der Waals surface area contributed by atoms with E-state index in [1.165, 1.54) is 33.9 Å². The van der Waals surface area contributed by atoms with Gasteiger partial charge in [0, 0.05) is 48.6 Å². The summed E-state index contributed by atoms with van der Waals surface area (Å²) >= 11 is 0.